The van der Waals surface area contributed by atoms with Crippen LogP contribution in [0.25, 0.3) is 0 Å². The van der Waals surface area contributed by atoms with Gasteiger partial charge in [0.2, 0.25) is 0 Å². The van der Waals surface area contributed by atoms with E-state index in [1.807, 2.05) is 6.20 Å². The Labute approximate surface area is 91.4 Å². The summed E-state index contributed by atoms with van der Waals surface area (Å²) in [5.41, 5.74) is 1.11. The normalized spacial score (nSPS) is 24.8. The summed E-state index contributed by atoms with van der Waals surface area (Å²) in [5.74, 6) is 1.86. The van der Waals surface area contributed by atoms with Gasteiger partial charge in [-0.15, -0.1) is 0 Å². The highest BCUT2D eigenvalue weighted by Crippen LogP contribution is 2.37. The van der Waals surface area contributed by atoms with Crippen LogP contribution in [0.2, 0.25) is 0 Å². The Morgan fingerprint density at radius 1 is 1.43 bits per heavy atom. The third kappa shape index (κ3) is 1.47. The van der Waals surface area contributed by atoms with Crippen molar-refractivity contribution in [2.45, 2.75) is 18.9 Å². The molecule has 1 aromatic heterocycles. The van der Waals surface area contributed by atoms with Crippen LogP contribution in [0.5, 0.6) is 0 Å². The molecule has 14 heavy (non-hydrogen) atoms. The van der Waals surface area contributed by atoms with Crippen LogP contribution in [0.4, 0.5) is 11.5 Å². The number of fused-ring (bicyclic) bond motifs is 1. The fourth-order valence-electron chi connectivity index (χ4n) is 1.92. The van der Waals surface area contributed by atoms with Gasteiger partial charge in [-0.3, -0.25) is 0 Å². The summed E-state index contributed by atoms with van der Waals surface area (Å²) in [6.07, 6.45) is 4.57. The Morgan fingerprint density at radius 3 is 3.07 bits per heavy atom. The molecule has 1 atom stereocenters. The number of hydrogen-bond acceptors (Lipinski definition) is 3. The molecule has 0 spiro atoms. The molecule has 1 saturated carbocycles. The van der Waals surface area contributed by atoms with Crippen molar-refractivity contribution in [3.05, 3.63) is 16.7 Å². The second-order valence-corrected chi connectivity index (χ2v) is 4.93. The van der Waals surface area contributed by atoms with E-state index in [0.717, 1.165) is 28.4 Å². The first-order valence-electron chi connectivity index (χ1n) is 4.99. The van der Waals surface area contributed by atoms with Crippen molar-refractivity contribution < 1.29 is 0 Å². The maximum atomic E-state index is 4.36. The Bertz CT molecular complexity index is 362. The number of hydrogen-bond donors (Lipinski definition) is 2. The molecular weight excluding hydrogens is 242 g/mol. The van der Waals surface area contributed by atoms with Gasteiger partial charge in [-0.2, -0.15) is 0 Å². The maximum absolute atomic E-state index is 4.36. The van der Waals surface area contributed by atoms with Crippen molar-refractivity contribution in [2.24, 2.45) is 5.92 Å². The number of aromatic nitrogens is 1. The van der Waals surface area contributed by atoms with Gasteiger partial charge in [0.1, 0.15) is 5.82 Å². The molecule has 74 valence electrons. The molecule has 1 fully saturated rings. The van der Waals surface area contributed by atoms with E-state index in [-0.39, 0.29) is 0 Å². The van der Waals surface area contributed by atoms with E-state index >= 15 is 0 Å². The highest BCUT2D eigenvalue weighted by Gasteiger charge is 2.33. The van der Waals surface area contributed by atoms with Gasteiger partial charge in [-0.25, -0.2) is 4.98 Å². The number of nitrogens with one attached hydrogen (secondary N) is 2. The number of halogens is 1. The average Bonchev–Trinajstić information content (AvgIpc) is 3.00. The molecule has 1 aliphatic heterocycles. The van der Waals surface area contributed by atoms with Crippen LogP contribution < -0.4 is 10.6 Å². The Balaban J connectivity index is 1.86. The van der Waals surface area contributed by atoms with Gasteiger partial charge in [-0.1, -0.05) is 0 Å². The van der Waals surface area contributed by atoms with Gasteiger partial charge in [0, 0.05) is 23.3 Å². The van der Waals surface area contributed by atoms with Crippen LogP contribution in [-0.4, -0.2) is 17.6 Å². The van der Waals surface area contributed by atoms with Crippen molar-refractivity contribution in [1.29, 1.82) is 0 Å². The highest BCUT2D eigenvalue weighted by molar-refractivity contribution is 9.10. The molecule has 2 N–H and O–H groups in total. The topological polar surface area (TPSA) is 37.0 Å². The van der Waals surface area contributed by atoms with Crippen LogP contribution in [-0.2, 0) is 0 Å². The molecule has 2 heterocycles. The minimum atomic E-state index is 0.580. The molecule has 3 rings (SSSR count). The highest BCUT2D eigenvalue weighted by atomic mass is 79.9. The summed E-state index contributed by atoms with van der Waals surface area (Å²) in [6, 6.07) is 2.65. The monoisotopic (exact) mass is 253 g/mol. The summed E-state index contributed by atoms with van der Waals surface area (Å²) in [6.45, 7) is 1.02. The van der Waals surface area contributed by atoms with Gasteiger partial charge in [0.25, 0.3) is 0 Å². The van der Waals surface area contributed by atoms with Gasteiger partial charge < -0.3 is 10.6 Å². The summed E-state index contributed by atoms with van der Waals surface area (Å²) >= 11 is 3.42. The molecule has 0 saturated heterocycles. The fourth-order valence-corrected chi connectivity index (χ4v) is 2.25. The molecule has 0 radical (unpaired) electrons. The molecule has 1 aliphatic carbocycles. The van der Waals surface area contributed by atoms with E-state index in [9.17, 15) is 0 Å². The first-order valence-corrected chi connectivity index (χ1v) is 5.78. The van der Waals surface area contributed by atoms with E-state index in [4.69, 9.17) is 0 Å². The molecule has 0 amide bonds. The molecule has 0 bridgehead atoms. The lowest BCUT2D eigenvalue weighted by Crippen LogP contribution is -2.35. The van der Waals surface area contributed by atoms with E-state index in [2.05, 4.69) is 37.6 Å². The molecule has 2 aliphatic rings. The Morgan fingerprint density at radius 2 is 2.29 bits per heavy atom. The minimum Gasteiger partial charge on any atom is -0.380 e. The van der Waals surface area contributed by atoms with Crippen LogP contribution in [0.1, 0.15) is 12.8 Å². The predicted octanol–water partition coefficient (Wildman–Crippen LogP) is 2.46. The SMILES string of the molecule is Brc1cnc2c(c1)NCC(C1CC1)N2. The predicted molar refractivity (Wildman–Crippen MR) is 60.6 cm³/mol. The largest absolute Gasteiger partial charge is 0.380 e. The zero-order valence-corrected chi connectivity index (χ0v) is 9.34. The second-order valence-electron chi connectivity index (χ2n) is 4.02. The zero-order valence-electron chi connectivity index (χ0n) is 7.76. The molecule has 4 heteroatoms. The average molecular weight is 254 g/mol. The smallest absolute Gasteiger partial charge is 0.149 e. The number of pyridine rings is 1. The Kier molecular flexibility index (Phi) is 1.90. The van der Waals surface area contributed by atoms with Gasteiger partial charge >= 0.3 is 0 Å². The molecule has 0 aromatic carbocycles. The van der Waals surface area contributed by atoms with Crippen molar-refractivity contribution >= 4 is 27.4 Å². The lowest BCUT2D eigenvalue weighted by Gasteiger charge is -2.27. The van der Waals surface area contributed by atoms with Crippen molar-refractivity contribution in [3.8, 4) is 0 Å². The summed E-state index contributed by atoms with van der Waals surface area (Å²) in [7, 11) is 0. The zero-order chi connectivity index (χ0) is 9.54. The van der Waals surface area contributed by atoms with Gasteiger partial charge in [-0.05, 0) is 40.8 Å². The Hall–Kier alpha value is -0.770. The van der Waals surface area contributed by atoms with E-state index < -0.39 is 0 Å². The third-order valence-corrected chi connectivity index (χ3v) is 3.31. The van der Waals surface area contributed by atoms with Gasteiger partial charge in [0.15, 0.2) is 0 Å². The minimum absolute atomic E-state index is 0.580. The molecular formula is C10H12BrN3. The summed E-state index contributed by atoms with van der Waals surface area (Å²) in [4.78, 5) is 4.36. The first-order chi connectivity index (χ1) is 6.83. The molecule has 3 nitrogen and oxygen atoms in total. The quantitative estimate of drug-likeness (QED) is 0.808. The van der Waals surface area contributed by atoms with Crippen molar-refractivity contribution in [1.82, 2.24) is 4.98 Å². The lowest BCUT2D eigenvalue weighted by atomic mass is 10.1. The molecule has 1 unspecified atom stereocenters. The van der Waals surface area contributed by atoms with Gasteiger partial charge in [0.05, 0.1) is 5.69 Å². The van der Waals surface area contributed by atoms with Crippen LogP contribution in [0.3, 0.4) is 0 Å². The van der Waals surface area contributed by atoms with Crippen molar-refractivity contribution in [3.63, 3.8) is 0 Å². The second kappa shape index (κ2) is 3.12. The lowest BCUT2D eigenvalue weighted by molar-refractivity contribution is 0.649. The number of nitrogens with zero attached hydrogens (tertiary/aromatic N) is 1. The van der Waals surface area contributed by atoms with E-state index in [0.29, 0.717) is 6.04 Å². The fraction of sp³-hybridized carbons (Fsp3) is 0.500. The van der Waals surface area contributed by atoms with Crippen molar-refractivity contribution in [2.75, 3.05) is 17.2 Å². The first kappa shape index (κ1) is 8.53. The molecule has 1 aromatic rings. The van der Waals surface area contributed by atoms with Crippen LogP contribution >= 0.6 is 15.9 Å². The van der Waals surface area contributed by atoms with Crippen LogP contribution in [0.15, 0.2) is 16.7 Å². The van der Waals surface area contributed by atoms with E-state index in [1.54, 1.807) is 0 Å². The van der Waals surface area contributed by atoms with E-state index in [1.165, 1.54) is 12.8 Å². The summed E-state index contributed by atoms with van der Waals surface area (Å²) < 4.78 is 1.02. The standard InChI is InChI=1S/C10H12BrN3/c11-7-3-8-10(13-4-7)14-9(5-12-8)6-1-2-6/h3-4,6,9,12H,1-2,5H2,(H,13,14). The summed E-state index contributed by atoms with van der Waals surface area (Å²) in [5, 5.41) is 6.91. The number of rotatable bonds is 1. The number of anilines is 2. The maximum Gasteiger partial charge on any atom is 0.149 e. The van der Waals surface area contributed by atoms with Crippen LogP contribution in [0, 0.1) is 5.92 Å². The third-order valence-electron chi connectivity index (χ3n) is 2.88.